The Morgan fingerprint density at radius 3 is 2.50 bits per heavy atom. The molecule has 108 valence electrons. The number of benzene rings is 1. The third kappa shape index (κ3) is 2.67. The zero-order valence-electron chi connectivity index (χ0n) is 10.8. The van der Waals surface area contributed by atoms with Crippen LogP contribution in [-0.2, 0) is 6.18 Å². The van der Waals surface area contributed by atoms with Gasteiger partial charge in [0.1, 0.15) is 0 Å². The Balaban J connectivity index is 2.64. The Morgan fingerprint density at radius 2 is 1.95 bits per heavy atom. The molecule has 0 aliphatic carbocycles. The van der Waals surface area contributed by atoms with Crippen molar-refractivity contribution < 1.29 is 17.7 Å². The van der Waals surface area contributed by atoms with Gasteiger partial charge >= 0.3 is 6.18 Å². The first-order valence-electron chi connectivity index (χ1n) is 5.84. The standard InChI is InChI=1S/C13H12BrF3N2O/c1-6(2)10-11(20-19-12(10)18)8-5-7(13(15,16)17)3-4-9(8)14/h3-6H,1-2H3,(H2,18,19). The fraction of sp³-hybridized carbons (Fsp3) is 0.308. The van der Waals surface area contributed by atoms with Crippen molar-refractivity contribution in [2.24, 2.45) is 0 Å². The molecule has 1 heterocycles. The molecule has 2 N–H and O–H groups in total. The van der Waals surface area contributed by atoms with Gasteiger partial charge in [0, 0.05) is 15.6 Å². The molecule has 0 bridgehead atoms. The maximum Gasteiger partial charge on any atom is 0.416 e. The lowest BCUT2D eigenvalue weighted by molar-refractivity contribution is -0.137. The second-order valence-electron chi connectivity index (χ2n) is 4.66. The van der Waals surface area contributed by atoms with Crippen LogP contribution in [0.2, 0.25) is 0 Å². The van der Waals surface area contributed by atoms with Crippen LogP contribution in [0, 0.1) is 0 Å². The smallest absolute Gasteiger partial charge is 0.381 e. The van der Waals surface area contributed by atoms with Crippen molar-refractivity contribution in [3.63, 3.8) is 0 Å². The molecule has 0 aliphatic rings. The average molecular weight is 349 g/mol. The number of nitrogens with zero attached hydrogens (tertiary/aromatic N) is 1. The maximum atomic E-state index is 12.8. The summed E-state index contributed by atoms with van der Waals surface area (Å²) >= 11 is 3.23. The minimum absolute atomic E-state index is 0.0160. The quantitative estimate of drug-likeness (QED) is 0.845. The topological polar surface area (TPSA) is 52.0 Å². The third-order valence-corrected chi connectivity index (χ3v) is 3.56. The number of alkyl halides is 3. The molecule has 0 saturated heterocycles. The van der Waals surface area contributed by atoms with Gasteiger partial charge in [-0.1, -0.05) is 34.9 Å². The highest BCUT2D eigenvalue weighted by atomic mass is 79.9. The van der Waals surface area contributed by atoms with Crippen LogP contribution < -0.4 is 5.73 Å². The Morgan fingerprint density at radius 1 is 1.30 bits per heavy atom. The van der Waals surface area contributed by atoms with E-state index in [0.717, 1.165) is 12.1 Å². The molecule has 0 fully saturated rings. The fourth-order valence-electron chi connectivity index (χ4n) is 1.94. The molecule has 0 saturated carbocycles. The number of hydrogen-bond acceptors (Lipinski definition) is 3. The highest BCUT2D eigenvalue weighted by Crippen LogP contribution is 2.40. The van der Waals surface area contributed by atoms with Crippen LogP contribution in [0.3, 0.4) is 0 Å². The van der Waals surface area contributed by atoms with Gasteiger partial charge in [-0.3, -0.25) is 0 Å². The largest absolute Gasteiger partial charge is 0.416 e. The van der Waals surface area contributed by atoms with Crippen molar-refractivity contribution >= 4 is 21.7 Å². The van der Waals surface area contributed by atoms with Gasteiger partial charge in [0.25, 0.3) is 0 Å². The van der Waals surface area contributed by atoms with E-state index in [4.69, 9.17) is 10.3 Å². The van der Waals surface area contributed by atoms with Gasteiger partial charge < -0.3 is 10.3 Å². The molecule has 2 rings (SSSR count). The van der Waals surface area contributed by atoms with Crippen LogP contribution in [0.25, 0.3) is 11.3 Å². The fourth-order valence-corrected chi connectivity index (χ4v) is 2.36. The summed E-state index contributed by atoms with van der Waals surface area (Å²) in [6, 6.07) is 3.36. The van der Waals surface area contributed by atoms with Crippen molar-refractivity contribution in [2.75, 3.05) is 5.73 Å². The summed E-state index contributed by atoms with van der Waals surface area (Å²) in [5, 5.41) is 3.65. The number of rotatable bonds is 2. The van der Waals surface area contributed by atoms with Crippen LogP contribution in [0.4, 0.5) is 19.0 Å². The van der Waals surface area contributed by atoms with Crippen LogP contribution in [0.15, 0.2) is 27.2 Å². The Kier molecular flexibility index (Phi) is 3.82. The minimum atomic E-state index is -4.42. The number of anilines is 1. The summed E-state index contributed by atoms with van der Waals surface area (Å²) in [4.78, 5) is 0. The number of halogens is 4. The molecule has 0 aliphatic heterocycles. The molecular weight excluding hydrogens is 337 g/mol. The van der Waals surface area contributed by atoms with E-state index in [9.17, 15) is 13.2 Å². The van der Waals surface area contributed by atoms with E-state index in [2.05, 4.69) is 21.1 Å². The molecule has 2 aromatic rings. The average Bonchev–Trinajstić information content (AvgIpc) is 2.70. The summed E-state index contributed by atoms with van der Waals surface area (Å²) in [6.07, 6.45) is -4.42. The molecule has 20 heavy (non-hydrogen) atoms. The number of nitrogen functional groups attached to an aromatic ring is 1. The molecule has 0 radical (unpaired) electrons. The van der Waals surface area contributed by atoms with Gasteiger partial charge in [-0.05, 0) is 24.1 Å². The first-order chi connectivity index (χ1) is 9.21. The summed E-state index contributed by atoms with van der Waals surface area (Å²) in [5.41, 5.74) is 5.85. The Labute approximate surface area is 122 Å². The summed E-state index contributed by atoms with van der Waals surface area (Å²) in [7, 11) is 0. The van der Waals surface area contributed by atoms with Crippen molar-refractivity contribution in [1.29, 1.82) is 0 Å². The molecule has 7 heteroatoms. The highest BCUT2D eigenvalue weighted by molar-refractivity contribution is 9.10. The van der Waals surface area contributed by atoms with Crippen molar-refractivity contribution in [3.05, 3.63) is 33.8 Å². The van der Waals surface area contributed by atoms with Gasteiger partial charge in [-0.2, -0.15) is 13.2 Å². The molecule has 3 nitrogen and oxygen atoms in total. The van der Waals surface area contributed by atoms with E-state index in [1.165, 1.54) is 6.07 Å². The van der Waals surface area contributed by atoms with E-state index in [1.807, 2.05) is 13.8 Å². The molecule has 1 aromatic carbocycles. The van der Waals surface area contributed by atoms with Crippen molar-refractivity contribution in [2.45, 2.75) is 25.9 Å². The highest BCUT2D eigenvalue weighted by Gasteiger charge is 2.32. The summed E-state index contributed by atoms with van der Waals surface area (Å²) in [6.45, 7) is 3.74. The van der Waals surface area contributed by atoms with Gasteiger partial charge in [-0.15, -0.1) is 0 Å². The normalized spacial score (nSPS) is 12.2. The second kappa shape index (κ2) is 5.12. The van der Waals surface area contributed by atoms with E-state index in [-0.39, 0.29) is 23.1 Å². The third-order valence-electron chi connectivity index (χ3n) is 2.87. The predicted octanol–water partition coefficient (Wildman–Crippen LogP) is 4.83. The van der Waals surface area contributed by atoms with Crippen LogP contribution in [-0.4, -0.2) is 5.16 Å². The summed E-state index contributed by atoms with van der Waals surface area (Å²) in [5.74, 6) is 0.437. The van der Waals surface area contributed by atoms with Gasteiger partial charge in [-0.25, -0.2) is 0 Å². The van der Waals surface area contributed by atoms with E-state index >= 15 is 0 Å². The van der Waals surface area contributed by atoms with Crippen LogP contribution in [0.1, 0.15) is 30.9 Å². The molecule has 1 aromatic heterocycles. The van der Waals surface area contributed by atoms with Gasteiger partial charge in [0.05, 0.1) is 5.56 Å². The van der Waals surface area contributed by atoms with E-state index in [1.54, 1.807) is 0 Å². The minimum Gasteiger partial charge on any atom is -0.381 e. The Bertz CT molecular complexity index is 635. The lowest BCUT2D eigenvalue weighted by atomic mass is 9.98. The van der Waals surface area contributed by atoms with Gasteiger partial charge in [0.2, 0.25) is 0 Å². The van der Waals surface area contributed by atoms with Crippen molar-refractivity contribution in [3.8, 4) is 11.3 Å². The Hall–Kier alpha value is -1.50. The van der Waals surface area contributed by atoms with Crippen LogP contribution in [0.5, 0.6) is 0 Å². The number of aromatic nitrogens is 1. The molecular formula is C13H12BrF3N2O. The first-order valence-corrected chi connectivity index (χ1v) is 6.63. The van der Waals surface area contributed by atoms with Crippen LogP contribution >= 0.6 is 15.9 Å². The zero-order valence-corrected chi connectivity index (χ0v) is 12.3. The number of hydrogen-bond donors (Lipinski definition) is 1. The molecule has 0 atom stereocenters. The maximum absolute atomic E-state index is 12.8. The van der Waals surface area contributed by atoms with Crippen molar-refractivity contribution in [1.82, 2.24) is 5.16 Å². The number of nitrogens with two attached hydrogens (primary N) is 1. The summed E-state index contributed by atoms with van der Waals surface area (Å²) < 4.78 is 44.0. The zero-order chi connectivity index (χ0) is 15.1. The monoisotopic (exact) mass is 348 g/mol. The second-order valence-corrected chi connectivity index (χ2v) is 5.51. The molecule has 0 amide bonds. The van der Waals surface area contributed by atoms with E-state index < -0.39 is 11.7 Å². The van der Waals surface area contributed by atoms with E-state index in [0.29, 0.717) is 10.0 Å². The first kappa shape index (κ1) is 14.9. The lowest BCUT2D eigenvalue weighted by Crippen LogP contribution is -2.05. The SMILES string of the molecule is CC(C)c1c(N)noc1-c1cc(C(F)(F)F)ccc1Br. The molecule has 0 spiro atoms. The molecule has 0 unspecified atom stereocenters. The predicted molar refractivity (Wildman–Crippen MR) is 73.1 cm³/mol. The van der Waals surface area contributed by atoms with Gasteiger partial charge in [0.15, 0.2) is 11.6 Å². The lowest BCUT2D eigenvalue weighted by Gasteiger charge is -2.11.